The third-order valence-electron chi connectivity index (χ3n) is 2.92. The molecular formula is C12H17BrN4O2S. The quantitative estimate of drug-likeness (QED) is 0.582. The van der Waals surface area contributed by atoms with Gasteiger partial charge in [0.15, 0.2) is 0 Å². The molecule has 0 aliphatic carbocycles. The van der Waals surface area contributed by atoms with Crippen LogP contribution < -0.4 is 16.0 Å². The molecule has 0 saturated carbocycles. The molecule has 0 spiro atoms. The van der Waals surface area contributed by atoms with Crippen LogP contribution in [0.4, 0.5) is 0 Å². The number of hydrazine groups is 1. The molecule has 6 nitrogen and oxygen atoms in total. The van der Waals surface area contributed by atoms with E-state index in [1.807, 2.05) is 16.1 Å². The molecule has 110 valence electrons. The van der Waals surface area contributed by atoms with E-state index in [4.69, 9.17) is 15.3 Å². The van der Waals surface area contributed by atoms with Crippen molar-refractivity contribution in [3.8, 4) is 5.75 Å². The zero-order valence-corrected chi connectivity index (χ0v) is 13.7. The first-order valence-corrected chi connectivity index (χ1v) is 7.67. The fraction of sp³-hybridized carbons (Fsp3) is 0.417. The van der Waals surface area contributed by atoms with Crippen molar-refractivity contribution in [1.82, 2.24) is 15.2 Å². The minimum Gasteiger partial charge on any atom is -0.496 e. The number of nitrogens with zero attached hydrogens (tertiary/aromatic N) is 2. The van der Waals surface area contributed by atoms with Crippen molar-refractivity contribution in [3.05, 3.63) is 32.7 Å². The van der Waals surface area contributed by atoms with E-state index in [1.54, 1.807) is 31.8 Å². The zero-order chi connectivity index (χ0) is 14.5. The number of nitrogens with one attached hydrogen (secondary N) is 1. The molecule has 8 heteroatoms. The summed E-state index contributed by atoms with van der Waals surface area (Å²) < 4.78 is 13.2. The summed E-state index contributed by atoms with van der Waals surface area (Å²) in [4.78, 5) is 1.01. The topological polar surface area (TPSA) is 74.3 Å². The van der Waals surface area contributed by atoms with Crippen LogP contribution in [0.5, 0.6) is 5.75 Å². The van der Waals surface area contributed by atoms with Crippen LogP contribution in [0.3, 0.4) is 0 Å². The lowest BCUT2D eigenvalue weighted by atomic mass is 10.1. The van der Waals surface area contributed by atoms with Gasteiger partial charge >= 0.3 is 0 Å². The molecular weight excluding hydrogens is 344 g/mol. The standard InChI is InChI=1S/C12H17BrN4O2S/c1-18-5-4-17-11(8(13)7-15-17)10(16-14)12-9(19-2)3-6-20-12/h3,6-7,10,16H,4-5,14H2,1-2H3. The average molecular weight is 361 g/mol. The van der Waals surface area contributed by atoms with Crippen LogP contribution in [0.2, 0.25) is 0 Å². The number of halogens is 1. The molecule has 3 N–H and O–H groups in total. The highest BCUT2D eigenvalue weighted by Gasteiger charge is 2.24. The lowest BCUT2D eigenvalue weighted by molar-refractivity contribution is 0.182. The van der Waals surface area contributed by atoms with Gasteiger partial charge < -0.3 is 9.47 Å². The van der Waals surface area contributed by atoms with Crippen LogP contribution in [-0.4, -0.2) is 30.6 Å². The number of thiophene rings is 1. The first-order valence-electron chi connectivity index (χ1n) is 6.00. The normalized spacial score (nSPS) is 12.6. The summed E-state index contributed by atoms with van der Waals surface area (Å²) in [5.41, 5.74) is 3.79. The molecule has 0 aromatic carbocycles. The van der Waals surface area contributed by atoms with Crippen molar-refractivity contribution in [2.24, 2.45) is 5.84 Å². The van der Waals surface area contributed by atoms with Gasteiger partial charge in [0, 0.05) is 7.11 Å². The van der Waals surface area contributed by atoms with Crippen molar-refractivity contribution in [2.75, 3.05) is 20.8 Å². The van der Waals surface area contributed by atoms with Crippen LogP contribution in [-0.2, 0) is 11.3 Å². The Labute approximate surface area is 130 Å². The molecule has 2 aromatic heterocycles. The summed E-state index contributed by atoms with van der Waals surface area (Å²) in [5, 5.41) is 6.32. The van der Waals surface area contributed by atoms with E-state index in [0.29, 0.717) is 13.2 Å². The fourth-order valence-corrected chi connectivity index (χ4v) is 3.43. The second-order valence-electron chi connectivity index (χ2n) is 4.05. The van der Waals surface area contributed by atoms with E-state index in [1.165, 1.54) is 0 Å². The third kappa shape index (κ3) is 3.04. The Morgan fingerprint density at radius 3 is 3.00 bits per heavy atom. The molecule has 0 saturated heterocycles. The van der Waals surface area contributed by atoms with Crippen molar-refractivity contribution in [1.29, 1.82) is 0 Å². The first-order chi connectivity index (χ1) is 9.72. The lowest BCUT2D eigenvalue weighted by Crippen LogP contribution is -2.31. The summed E-state index contributed by atoms with van der Waals surface area (Å²) in [5.74, 6) is 6.56. The van der Waals surface area contributed by atoms with Crippen LogP contribution in [0.1, 0.15) is 16.6 Å². The van der Waals surface area contributed by atoms with Gasteiger partial charge in [0.25, 0.3) is 0 Å². The summed E-state index contributed by atoms with van der Waals surface area (Å²) in [6, 6.07) is 1.73. The molecule has 1 atom stereocenters. The maximum Gasteiger partial charge on any atom is 0.134 e. The summed E-state index contributed by atoms with van der Waals surface area (Å²) in [6.07, 6.45) is 1.76. The number of rotatable bonds is 7. The second-order valence-corrected chi connectivity index (χ2v) is 5.85. The molecule has 0 fully saturated rings. The van der Waals surface area contributed by atoms with Gasteiger partial charge in [0.05, 0.1) is 41.5 Å². The highest BCUT2D eigenvalue weighted by molar-refractivity contribution is 9.10. The SMILES string of the molecule is COCCn1ncc(Br)c1C(NN)c1sccc1OC. The Kier molecular flexibility index (Phi) is 5.55. The molecule has 20 heavy (non-hydrogen) atoms. The van der Waals surface area contributed by atoms with E-state index >= 15 is 0 Å². The molecule has 0 aliphatic heterocycles. The van der Waals surface area contributed by atoms with Gasteiger partial charge in [-0.05, 0) is 27.4 Å². The third-order valence-corrected chi connectivity index (χ3v) is 4.49. The van der Waals surface area contributed by atoms with Crippen molar-refractivity contribution in [2.45, 2.75) is 12.6 Å². The van der Waals surface area contributed by atoms with E-state index in [0.717, 1.165) is 20.8 Å². The summed E-state index contributed by atoms with van der Waals surface area (Å²) in [7, 11) is 3.32. The van der Waals surface area contributed by atoms with E-state index in [9.17, 15) is 0 Å². The molecule has 2 aromatic rings. The van der Waals surface area contributed by atoms with Crippen LogP contribution in [0, 0.1) is 0 Å². The van der Waals surface area contributed by atoms with Crippen LogP contribution >= 0.6 is 27.3 Å². The van der Waals surface area contributed by atoms with Gasteiger partial charge in [0.2, 0.25) is 0 Å². The molecule has 0 aliphatic rings. The maximum absolute atomic E-state index is 5.75. The van der Waals surface area contributed by atoms with Gasteiger partial charge in [-0.2, -0.15) is 5.10 Å². The van der Waals surface area contributed by atoms with E-state index < -0.39 is 0 Å². The minimum atomic E-state index is -0.196. The zero-order valence-electron chi connectivity index (χ0n) is 11.3. The highest BCUT2D eigenvalue weighted by Crippen LogP contribution is 2.36. The number of nitrogens with two attached hydrogens (primary N) is 1. The Bertz CT molecular complexity index is 557. The highest BCUT2D eigenvalue weighted by atomic mass is 79.9. The smallest absolute Gasteiger partial charge is 0.134 e. The van der Waals surface area contributed by atoms with Gasteiger partial charge in [-0.3, -0.25) is 10.5 Å². The number of aromatic nitrogens is 2. The fourth-order valence-electron chi connectivity index (χ4n) is 1.98. The lowest BCUT2D eigenvalue weighted by Gasteiger charge is -2.18. The Balaban J connectivity index is 2.39. The first kappa shape index (κ1) is 15.5. The Morgan fingerprint density at radius 2 is 2.35 bits per heavy atom. The molecule has 0 bridgehead atoms. The molecule has 0 amide bonds. The predicted octanol–water partition coefficient (Wildman–Crippen LogP) is 1.91. The molecule has 2 rings (SSSR count). The molecule has 1 unspecified atom stereocenters. The maximum atomic E-state index is 5.75. The second kappa shape index (κ2) is 7.19. The van der Waals surface area contributed by atoms with Crippen molar-refractivity contribution in [3.63, 3.8) is 0 Å². The van der Waals surface area contributed by atoms with Gasteiger partial charge in [0.1, 0.15) is 11.8 Å². The Morgan fingerprint density at radius 1 is 1.55 bits per heavy atom. The largest absolute Gasteiger partial charge is 0.496 e. The molecule has 0 radical (unpaired) electrons. The van der Waals surface area contributed by atoms with E-state index in [-0.39, 0.29) is 6.04 Å². The van der Waals surface area contributed by atoms with Crippen LogP contribution in [0.15, 0.2) is 22.1 Å². The van der Waals surface area contributed by atoms with Crippen molar-refractivity contribution >= 4 is 27.3 Å². The number of methoxy groups -OCH3 is 2. The molecule has 2 heterocycles. The van der Waals surface area contributed by atoms with Gasteiger partial charge in [-0.15, -0.1) is 11.3 Å². The summed E-state index contributed by atoms with van der Waals surface area (Å²) in [6.45, 7) is 1.24. The number of hydrogen-bond acceptors (Lipinski definition) is 6. The van der Waals surface area contributed by atoms with Crippen molar-refractivity contribution < 1.29 is 9.47 Å². The van der Waals surface area contributed by atoms with Crippen LogP contribution in [0.25, 0.3) is 0 Å². The van der Waals surface area contributed by atoms with Gasteiger partial charge in [-0.25, -0.2) is 5.43 Å². The summed E-state index contributed by atoms with van der Waals surface area (Å²) >= 11 is 5.11. The van der Waals surface area contributed by atoms with E-state index in [2.05, 4.69) is 26.5 Å². The average Bonchev–Trinajstić information content (AvgIpc) is 3.06. The Hall–Kier alpha value is -0.930. The predicted molar refractivity (Wildman–Crippen MR) is 81.8 cm³/mol. The minimum absolute atomic E-state index is 0.196. The number of hydrogen-bond donors (Lipinski definition) is 2. The number of ether oxygens (including phenoxy) is 2. The van der Waals surface area contributed by atoms with Gasteiger partial charge in [-0.1, -0.05) is 0 Å². The monoisotopic (exact) mass is 360 g/mol.